The monoisotopic (exact) mass is 280 g/mol. The molecule has 19 heavy (non-hydrogen) atoms. The van der Waals surface area contributed by atoms with Gasteiger partial charge in [0.05, 0.1) is 0 Å². The van der Waals surface area contributed by atoms with E-state index in [4.69, 9.17) is 11.6 Å². The van der Waals surface area contributed by atoms with E-state index in [1.807, 2.05) is 12.1 Å². The van der Waals surface area contributed by atoms with Gasteiger partial charge in [0.15, 0.2) is 0 Å². The normalized spacial score (nSPS) is 12.4. The number of Topliss-reactive ketones (excluding diaryl/α,β-unsaturated/α-hetero) is 1. The Bertz CT molecular complexity index is 369. The number of ketones is 1. The Morgan fingerprint density at radius 3 is 2.32 bits per heavy atom. The minimum Gasteiger partial charge on any atom is -0.300 e. The lowest BCUT2D eigenvalue weighted by Gasteiger charge is -2.16. The van der Waals surface area contributed by atoms with Crippen LogP contribution in [-0.4, -0.2) is 5.78 Å². The summed E-state index contributed by atoms with van der Waals surface area (Å²) < 4.78 is 0. The van der Waals surface area contributed by atoms with E-state index in [0.29, 0.717) is 18.1 Å². The lowest BCUT2D eigenvalue weighted by molar-refractivity contribution is -0.119. The summed E-state index contributed by atoms with van der Waals surface area (Å²) in [5, 5.41) is 0.760. The molecule has 106 valence electrons. The quantitative estimate of drug-likeness (QED) is 0.562. The van der Waals surface area contributed by atoms with Crippen molar-refractivity contribution in [2.45, 2.75) is 64.7 Å². The predicted octanol–water partition coefficient (Wildman–Crippen LogP) is 5.76. The first-order valence-electron chi connectivity index (χ1n) is 7.44. The van der Waals surface area contributed by atoms with Crippen molar-refractivity contribution in [3.63, 3.8) is 0 Å². The molecule has 0 aliphatic carbocycles. The first-order valence-corrected chi connectivity index (χ1v) is 7.82. The lowest BCUT2D eigenvalue weighted by atomic mass is 9.88. The van der Waals surface area contributed by atoms with Gasteiger partial charge in [-0.1, -0.05) is 56.8 Å². The Morgan fingerprint density at radius 2 is 1.74 bits per heavy atom. The van der Waals surface area contributed by atoms with Crippen molar-refractivity contribution in [2.75, 3.05) is 0 Å². The molecule has 1 aromatic carbocycles. The third-order valence-corrected chi connectivity index (χ3v) is 3.78. The molecule has 0 aliphatic heterocycles. The second-order valence-electron chi connectivity index (χ2n) is 5.24. The summed E-state index contributed by atoms with van der Waals surface area (Å²) in [6.45, 7) is 4.32. The largest absolute Gasteiger partial charge is 0.300 e. The van der Waals surface area contributed by atoms with Crippen LogP contribution in [0.15, 0.2) is 24.3 Å². The van der Waals surface area contributed by atoms with Gasteiger partial charge in [0.2, 0.25) is 0 Å². The van der Waals surface area contributed by atoms with Crippen molar-refractivity contribution in [3.8, 4) is 0 Å². The summed E-state index contributed by atoms with van der Waals surface area (Å²) in [5.74, 6) is 0.763. The zero-order chi connectivity index (χ0) is 14.1. The summed E-state index contributed by atoms with van der Waals surface area (Å²) in [6.07, 6.45) is 6.96. The lowest BCUT2D eigenvalue weighted by Crippen LogP contribution is -2.07. The Labute approximate surface area is 122 Å². The molecule has 0 aliphatic rings. The zero-order valence-corrected chi connectivity index (χ0v) is 12.9. The van der Waals surface area contributed by atoms with E-state index >= 15 is 0 Å². The molecule has 1 aromatic rings. The summed E-state index contributed by atoms with van der Waals surface area (Å²) in [5.41, 5.74) is 1.25. The minimum atomic E-state index is 0.363. The number of rotatable bonds is 9. The van der Waals surface area contributed by atoms with Gasteiger partial charge in [-0.05, 0) is 36.5 Å². The highest BCUT2D eigenvalue weighted by Gasteiger charge is 2.15. The average molecular weight is 281 g/mol. The fourth-order valence-corrected chi connectivity index (χ4v) is 2.45. The van der Waals surface area contributed by atoms with Crippen molar-refractivity contribution < 1.29 is 4.79 Å². The molecule has 1 rings (SSSR count). The van der Waals surface area contributed by atoms with Crippen LogP contribution in [0.4, 0.5) is 0 Å². The van der Waals surface area contributed by atoms with Crippen molar-refractivity contribution in [2.24, 2.45) is 0 Å². The van der Waals surface area contributed by atoms with Crippen molar-refractivity contribution in [1.82, 2.24) is 0 Å². The van der Waals surface area contributed by atoms with Gasteiger partial charge in [-0.2, -0.15) is 0 Å². The van der Waals surface area contributed by atoms with E-state index in [1.54, 1.807) is 0 Å². The number of hydrogen-bond acceptors (Lipinski definition) is 1. The van der Waals surface area contributed by atoms with Crippen LogP contribution in [0.2, 0.25) is 5.02 Å². The van der Waals surface area contributed by atoms with Gasteiger partial charge in [0, 0.05) is 17.9 Å². The van der Waals surface area contributed by atoms with Crippen LogP contribution in [-0.2, 0) is 4.79 Å². The van der Waals surface area contributed by atoms with Gasteiger partial charge >= 0.3 is 0 Å². The molecule has 1 nitrogen and oxygen atoms in total. The molecular weight excluding hydrogens is 256 g/mol. The minimum absolute atomic E-state index is 0.363. The molecule has 2 heteroatoms. The van der Waals surface area contributed by atoms with Crippen LogP contribution in [0.3, 0.4) is 0 Å². The summed E-state index contributed by atoms with van der Waals surface area (Å²) >= 11 is 5.93. The van der Waals surface area contributed by atoms with Crippen LogP contribution in [0.25, 0.3) is 0 Å². The number of carbonyl (C=O) groups excluding carboxylic acids is 1. The maximum absolute atomic E-state index is 12.0. The molecule has 0 bridgehead atoms. The number of halogens is 1. The molecular formula is C17H25ClO. The van der Waals surface area contributed by atoms with Crippen LogP contribution >= 0.6 is 11.6 Å². The van der Waals surface area contributed by atoms with Gasteiger partial charge in [-0.15, -0.1) is 0 Å². The molecule has 0 heterocycles. The first kappa shape index (κ1) is 16.2. The van der Waals surface area contributed by atoms with E-state index in [0.717, 1.165) is 30.7 Å². The molecule has 0 spiro atoms. The Morgan fingerprint density at radius 1 is 1.11 bits per heavy atom. The van der Waals surface area contributed by atoms with Crippen molar-refractivity contribution >= 4 is 17.4 Å². The van der Waals surface area contributed by atoms with Crippen molar-refractivity contribution in [3.05, 3.63) is 34.9 Å². The highest BCUT2D eigenvalue weighted by Crippen LogP contribution is 2.27. The van der Waals surface area contributed by atoms with Crippen LogP contribution in [0.5, 0.6) is 0 Å². The Balaban J connectivity index is 2.65. The van der Waals surface area contributed by atoms with E-state index in [1.165, 1.54) is 18.4 Å². The van der Waals surface area contributed by atoms with E-state index in [-0.39, 0.29) is 0 Å². The Hall–Kier alpha value is -0.820. The maximum Gasteiger partial charge on any atom is 0.133 e. The molecule has 0 radical (unpaired) electrons. The van der Waals surface area contributed by atoms with E-state index < -0.39 is 0 Å². The summed E-state index contributed by atoms with van der Waals surface area (Å²) in [7, 11) is 0. The topological polar surface area (TPSA) is 17.1 Å². The SMILES string of the molecule is CCCCC(=O)C[C@H](CCCC)c1ccc(Cl)cc1. The summed E-state index contributed by atoms with van der Waals surface area (Å²) in [4.78, 5) is 12.0. The third-order valence-electron chi connectivity index (χ3n) is 3.53. The zero-order valence-electron chi connectivity index (χ0n) is 12.1. The van der Waals surface area contributed by atoms with Gasteiger partial charge in [-0.25, -0.2) is 0 Å². The fraction of sp³-hybridized carbons (Fsp3) is 0.588. The maximum atomic E-state index is 12.0. The highest BCUT2D eigenvalue weighted by atomic mass is 35.5. The molecule has 0 saturated heterocycles. The second-order valence-corrected chi connectivity index (χ2v) is 5.67. The third kappa shape index (κ3) is 6.24. The number of hydrogen-bond donors (Lipinski definition) is 0. The smallest absolute Gasteiger partial charge is 0.133 e. The molecule has 1 atom stereocenters. The average Bonchev–Trinajstić information content (AvgIpc) is 2.42. The molecule has 0 saturated carbocycles. The van der Waals surface area contributed by atoms with Crippen LogP contribution < -0.4 is 0 Å². The van der Waals surface area contributed by atoms with Crippen LogP contribution in [0.1, 0.15) is 70.3 Å². The molecule has 0 fully saturated rings. The molecule has 0 amide bonds. The van der Waals surface area contributed by atoms with Gasteiger partial charge in [0.1, 0.15) is 5.78 Å². The Kier molecular flexibility index (Phi) is 7.81. The summed E-state index contributed by atoms with van der Waals surface area (Å²) in [6, 6.07) is 7.98. The molecule has 0 N–H and O–H groups in total. The van der Waals surface area contributed by atoms with Crippen LogP contribution in [0, 0.1) is 0 Å². The molecule has 0 aromatic heterocycles. The second kappa shape index (κ2) is 9.14. The standard InChI is InChI=1S/C17H25ClO/c1-3-5-7-15(13-17(19)8-6-4-2)14-9-11-16(18)12-10-14/h9-12,15H,3-8,13H2,1-2H3/t15-/m0/s1. The molecule has 0 unspecified atom stereocenters. The highest BCUT2D eigenvalue weighted by molar-refractivity contribution is 6.30. The number of benzene rings is 1. The van der Waals surface area contributed by atoms with Gasteiger partial charge < -0.3 is 0 Å². The van der Waals surface area contributed by atoms with E-state index in [2.05, 4.69) is 26.0 Å². The first-order chi connectivity index (χ1) is 9.17. The van der Waals surface area contributed by atoms with Gasteiger partial charge in [0.25, 0.3) is 0 Å². The predicted molar refractivity (Wildman–Crippen MR) is 82.9 cm³/mol. The van der Waals surface area contributed by atoms with Crippen molar-refractivity contribution in [1.29, 1.82) is 0 Å². The van der Waals surface area contributed by atoms with Gasteiger partial charge in [-0.3, -0.25) is 4.79 Å². The number of carbonyl (C=O) groups is 1. The number of unbranched alkanes of at least 4 members (excludes halogenated alkanes) is 2. The van der Waals surface area contributed by atoms with E-state index in [9.17, 15) is 4.79 Å². The fourth-order valence-electron chi connectivity index (χ4n) is 2.32.